The fourth-order valence-corrected chi connectivity index (χ4v) is 0.921. The zero-order chi connectivity index (χ0) is 17.9. The Morgan fingerprint density at radius 2 is 1.50 bits per heavy atom. The second-order valence-electron chi connectivity index (χ2n) is 6.38. The van der Waals surface area contributed by atoms with E-state index in [1.807, 2.05) is 20.8 Å². The second-order valence-corrected chi connectivity index (χ2v) is 6.38. The summed E-state index contributed by atoms with van der Waals surface area (Å²) in [6.07, 6.45) is 1.73. The van der Waals surface area contributed by atoms with Crippen LogP contribution in [0.2, 0.25) is 0 Å². The summed E-state index contributed by atoms with van der Waals surface area (Å²) < 4.78 is 9.99. The van der Waals surface area contributed by atoms with Crippen LogP contribution >= 0.6 is 0 Å². The molecule has 0 spiro atoms. The van der Waals surface area contributed by atoms with E-state index in [4.69, 9.17) is 9.47 Å². The third kappa shape index (κ3) is 13.4. The fraction of sp³-hybridized carbons (Fsp3) is 0.667. The highest BCUT2D eigenvalue weighted by molar-refractivity contribution is 5.87. The van der Waals surface area contributed by atoms with E-state index < -0.39 is 0 Å². The van der Waals surface area contributed by atoms with Gasteiger partial charge in [-0.3, -0.25) is 0 Å². The maximum absolute atomic E-state index is 11.0. The van der Waals surface area contributed by atoms with Gasteiger partial charge in [0.25, 0.3) is 0 Å². The van der Waals surface area contributed by atoms with Gasteiger partial charge in [-0.1, -0.05) is 33.9 Å². The van der Waals surface area contributed by atoms with E-state index in [2.05, 4.69) is 27.0 Å². The molecule has 22 heavy (non-hydrogen) atoms. The summed E-state index contributed by atoms with van der Waals surface area (Å²) in [5, 5.41) is 0. The molecule has 0 rings (SSSR count). The second kappa shape index (κ2) is 11.0. The predicted molar refractivity (Wildman–Crippen MR) is 90.5 cm³/mol. The highest BCUT2D eigenvalue weighted by Gasteiger charge is 2.20. The maximum atomic E-state index is 11.0. The number of carbonyl (C=O) groups is 2. The number of ether oxygens (including phenoxy) is 2. The van der Waals surface area contributed by atoms with E-state index >= 15 is 0 Å². The van der Waals surface area contributed by atoms with Crippen LogP contribution in [-0.2, 0) is 19.1 Å². The van der Waals surface area contributed by atoms with Gasteiger partial charge in [0, 0.05) is 11.1 Å². The van der Waals surface area contributed by atoms with Crippen molar-refractivity contribution in [2.75, 3.05) is 6.61 Å². The molecule has 0 N–H and O–H groups in total. The molecule has 0 saturated heterocycles. The van der Waals surface area contributed by atoms with Crippen molar-refractivity contribution in [2.24, 2.45) is 5.92 Å². The van der Waals surface area contributed by atoms with Crippen molar-refractivity contribution in [3.05, 3.63) is 24.3 Å². The molecule has 0 aliphatic heterocycles. The average Bonchev–Trinajstić information content (AvgIpc) is 2.38. The third-order valence-corrected chi connectivity index (χ3v) is 2.85. The Balaban J connectivity index is 0. The Hall–Kier alpha value is -1.58. The van der Waals surface area contributed by atoms with Gasteiger partial charge in [0.15, 0.2) is 0 Å². The Morgan fingerprint density at radius 1 is 1.05 bits per heavy atom. The molecule has 0 aromatic carbocycles. The lowest BCUT2D eigenvalue weighted by molar-refractivity contribution is -0.151. The van der Waals surface area contributed by atoms with Gasteiger partial charge in [-0.15, -0.1) is 0 Å². The topological polar surface area (TPSA) is 52.6 Å². The Morgan fingerprint density at radius 3 is 1.82 bits per heavy atom. The number of hydrogen-bond acceptors (Lipinski definition) is 4. The molecule has 0 heterocycles. The highest BCUT2D eigenvalue weighted by atomic mass is 16.6. The van der Waals surface area contributed by atoms with Gasteiger partial charge in [-0.05, 0) is 46.5 Å². The van der Waals surface area contributed by atoms with Crippen molar-refractivity contribution in [2.45, 2.75) is 66.9 Å². The molecule has 0 aromatic heterocycles. The Kier molecular flexibility index (Phi) is 11.4. The first-order valence-corrected chi connectivity index (χ1v) is 7.64. The lowest BCUT2D eigenvalue weighted by atomic mass is 10.1. The van der Waals surface area contributed by atoms with E-state index in [1.165, 1.54) is 0 Å². The number of hydrogen-bond donors (Lipinski definition) is 0. The first-order valence-electron chi connectivity index (χ1n) is 7.64. The molecule has 0 fully saturated rings. The van der Waals surface area contributed by atoms with Crippen molar-refractivity contribution in [3.63, 3.8) is 0 Å². The first kappa shape index (κ1) is 22.7. The van der Waals surface area contributed by atoms with E-state index in [-0.39, 0.29) is 17.5 Å². The molecular formula is C18H32O4. The van der Waals surface area contributed by atoms with Gasteiger partial charge in [0.05, 0.1) is 6.61 Å². The quantitative estimate of drug-likeness (QED) is 0.515. The monoisotopic (exact) mass is 312 g/mol. The van der Waals surface area contributed by atoms with Gasteiger partial charge in [-0.25, -0.2) is 9.59 Å². The lowest BCUT2D eigenvalue weighted by Crippen LogP contribution is -2.27. The Labute approximate surface area is 135 Å². The van der Waals surface area contributed by atoms with Crippen molar-refractivity contribution in [1.29, 1.82) is 0 Å². The van der Waals surface area contributed by atoms with E-state index in [1.54, 1.807) is 13.8 Å². The predicted octanol–water partition coefficient (Wildman–Crippen LogP) is 4.45. The van der Waals surface area contributed by atoms with Crippen molar-refractivity contribution < 1.29 is 19.1 Å². The van der Waals surface area contributed by atoms with Gasteiger partial charge in [-0.2, -0.15) is 0 Å². The van der Waals surface area contributed by atoms with Crippen LogP contribution in [0.4, 0.5) is 0 Å². The highest BCUT2D eigenvalue weighted by Crippen LogP contribution is 2.15. The summed E-state index contributed by atoms with van der Waals surface area (Å²) in [4.78, 5) is 21.8. The zero-order valence-electron chi connectivity index (χ0n) is 15.2. The van der Waals surface area contributed by atoms with E-state index in [0.717, 1.165) is 12.8 Å². The molecule has 0 atom stereocenters. The minimum absolute atomic E-state index is 0.286. The van der Waals surface area contributed by atoms with Crippen molar-refractivity contribution in [3.8, 4) is 0 Å². The van der Waals surface area contributed by atoms with Crippen LogP contribution in [0.5, 0.6) is 0 Å². The number of esters is 2. The van der Waals surface area contributed by atoms with E-state index in [0.29, 0.717) is 23.7 Å². The standard InChI is InChI=1S/2C9H16O2/c1-7(2)5-6-11-9(10)8(3)4;1-6-9(4,5)11-8(10)7(2)3/h7H,3,5-6H2,1-2,4H3;2,6H2,1,3-5H3. The number of carbonyl (C=O) groups excluding carboxylic acids is 2. The molecule has 0 amide bonds. The smallest absolute Gasteiger partial charge is 0.333 e. The number of rotatable bonds is 7. The van der Waals surface area contributed by atoms with Crippen LogP contribution < -0.4 is 0 Å². The summed E-state index contributed by atoms with van der Waals surface area (Å²) in [6.45, 7) is 20.7. The summed E-state index contributed by atoms with van der Waals surface area (Å²) in [5.41, 5.74) is 0.552. The molecule has 4 nitrogen and oxygen atoms in total. The van der Waals surface area contributed by atoms with Crippen LogP contribution in [0.15, 0.2) is 24.3 Å². The summed E-state index contributed by atoms with van der Waals surface area (Å²) in [7, 11) is 0. The van der Waals surface area contributed by atoms with Crippen LogP contribution in [0.25, 0.3) is 0 Å². The van der Waals surface area contributed by atoms with Crippen molar-refractivity contribution in [1.82, 2.24) is 0 Å². The summed E-state index contributed by atoms with van der Waals surface area (Å²) in [6, 6.07) is 0. The van der Waals surface area contributed by atoms with Gasteiger partial charge in [0.2, 0.25) is 0 Å². The molecular weight excluding hydrogens is 280 g/mol. The fourth-order valence-electron chi connectivity index (χ4n) is 0.921. The minimum Gasteiger partial charge on any atom is -0.462 e. The molecule has 0 aliphatic rings. The lowest BCUT2D eigenvalue weighted by Gasteiger charge is -2.23. The maximum Gasteiger partial charge on any atom is 0.333 e. The molecule has 0 aromatic rings. The molecule has 0 saturated carbocycles. The normalized spacial score (nSPS) is 10.4. The zero-order valence-corrected chi connectivity index (χ0v) is 15.2. The van der Waals surface area contributed by atoms with Gasteiger partial charge in [0.1, 0.15) is 5.60 Å². The van der Waals surface area contributed by atoms with E-state index in [9.17, 15) is 9.59 Å². The average molecular weight is 312 g/mol. The van der Waals surface area contributed by atoms with Crippen LogP contribution in [0, 0.1) is 5.92 Å². The van der Waals surface area contributed by atoms with Gasteiger partial charge >= 0.3 is 11.9 Å². The molecule has 0 bridgehead atoms. The van der Waals surface area contributed by atoms with Crippen LogP contribution in [0.3, 0.4) is 0 Å². The summed E-state index contributed by atoms with van der Waals surface area (Å²) >= 11 is 0. The Bertz CT molecular complexity index is 392. The minimum atomic E-state index is -0.365. The molecule has 4 heteroatoms. The molecule has 0 aliphatic carbocycles. The molecule has 128 valence electrons. The van der Waals surface area contributed by atoms with Crippen LogP contribution in [-0.4, -0.2) is 24.1 Å². The largest absolute Gasteiger partial charge is 0.462 e. The summed E-state index contributed by atoms with van der Waals surface area (Å²) in [5.74, 6) is -0.0181. The van der Waals surface area contributed by atoms with Crippen LogP contribution in [0.1, 0.15) is 61.3 Å². The third-order valence-electron chi connectivity index (χ3n) is 2.85. The molecule has 0 unspecified atom stereocenters. The first-order chi connectivity index (χ1) is 9.92. The SMILES string of the molecule is C=C(C)C(=O)OC(C)(C)CC.C=C(C)C(=O)OCCC(C)C. The van der Waals surface area contributed by atoms with Gasteiger partial charge < -0.3 is 9.47 Å². The molecule has 0 radical (unpaired) electrons. The van der Waals surface area contributed by atoms with Crippen molar-refractivity contribution >= 4 is 11.9 Å².